The third-order valence-electron chi connectivity index (χ3n) is 4.19. The molecule has 1 fully saturated rings. The van der Waals surface area contributed by atoms with Crippen molar-refractivity contribution in [1.82, 2.24) is 14.8 Å². The number of halogens is 1. The van der Waals surface area contributed by atoms with Gasteiger partial charge in [0, 0.05) is 30.1 Å². The molecule has 1 aromatic carbocycles. The van der Waals surface area contributed by atoms with E-state index in [9.17, 15) is 4.79 Å². The Morgan fingerprint density at radius 3 is 2.88 bits per heavy atom. The van der Waals surface area contributed by atoms with Gasteiger partial charge in [0.15, 0.2) is 12.0 Å². The van der Waals surface area contributed by atoms with E-state index in [0.717, 1.165) is 22.4 Å². The first-order valence-electron chi connectivity index (χ1n) is 8.24. The van der Waals surface area contributed by atoms with Crippen LogP contribution in [0.4, 0.5) is 5.82 Å². The van der Waals surface area contributed by atoms with E-state index in [1.54, 1.807) is 12.4 Å². The van der Waals surface area contributed by atoms with Crippen LogP contribution in [0.25, 0.3) is 16.6 Å². The summed E-state index contributed by atoms with van der Waals surface area (Å²) in [6.07, 6.45) is 2.98. The molecule has 8 heteroatoms. The van der Waals surface area contributed by atoms with Gasteiger partial charge in [0.1, 0.15) is 6.61 Å². The molecule has 0 bridgehead atoms. The molecule has 0 radical (unpaired) electrons. The Labute approximate surface area is 155 Å². The molecule has 0 amide bonds. The fourth-order valence-corrected chi connectivity index (χ4v) is 3.18. The summed E-state index contributed by atoms with van der Waals surface area (Å²) in [5, 5.41) is 6.37. The molecule has 26 heavy (non-hydrogen) atoms. The predicted molar refractivity (Wildman–Crippen MR) is 97.6 cm³/mol. The van der Waals surface area contributed by atoms with E-state index in [1.807, 2.05) is 39.9 Å². The van der Waals surface area contributed by atoms with Crippen LogP contribution in [0, 0.1) is 0 Å². The van der Waals surface area contributed by atoms with Crippen LogP contribution in [0.3, 0.4) is 0 Å². The number of hydrogen-bond donors (Lipinski definition) is 0. The fourth-order valence-electron chi connectivity index (χ4n) is 3.05. The van der Waals surface area contributed by atoms with Crippen molar-refractivity contribution in [3.8, 4) is 5.69 Å². The predicted octanol–water partition coefficient (Wildman–Crippen LogP) is 2.80. The van der Waals surface area contributed by atoms with E-state index in [2.05, 4.69) is 4.98 Å². The zero-order valence-electron chi connectivity index (χ0n) is 14.1. The van der Waals surface area contributed by atoms with Crippen molar-refractivity contribution < 1.29 is 14.3 Å². The Bertz CT molecular complexity index is 941. The van der Waals surface area contributed by atoms with Crippen LogP contribution in [-0.4, -0.2) is 46.7 Å². The van der Waals surface area contributed by atoms with Crippen molar-refractivity contribution in [3.63, 3.8) is 0 Å². The van der Waals surface area contributed by atoms with Crippen molar-refractivity contribution in [2.75, 3.05) is 24.7 Å². The van der Waals surface area contributed by atoms with Crippen molar-refractivity contribution >= 4 is 34.3 Å². The van der Waals surface area contributed by atoms with E-state index < -0.39 is 6.23 Å². The largest absolute Gasteiger partial charge is 0.439 e. The van der Waals surface area contributed by atoms with Gasteiger partial charge in [-0.15, -0.1) is 5.10 Å². The van der Waals surface area contributed by atoms with Crippen LogP contribution < -0.4 is 4.90 Å². The number of carbonyl (C=O) groups excluding carboxylic acids is 1. The van der Waals surface area contributed by atoms with Gasteiger partial charge in [-0.05, 0) is 30.3 Å². The molecule has 3 aromatic rings. The molecule has 1 aliphatic rings. The van der Waals surface area contributed by atoms with Gasteiger partial charge in [0.05, 0.1) is 24.0 Å². The smallest absolute Gasteiger partial charge is 0.304 e. The number of hydrogen-bond acceptors (Lipinski definition) is 6. The molecular formula is C18H17ClN4O3. The lowest BCUT2D eigenvalue weighted by atomic mass is 10.2. The zero-order chi connectivity index (χ0) is 18.1. The molecule has 0 N–H and O–H groups in total. The van der Waals surface area contributed by atoms with Crippen molar-refractivity contribution in [3.05, 3.63) is 47.7 Å². The quantitative estimate of drug-likeness (QED) is 0.658. The van der Waals surface area contributed by atoms with Crippen LogP contribution in [0.15, 0.2) is 42.7 Å². The monoisotopic (exact) mass is 372 g/mol. The molecule has 1 saturated heterocycles. The minimum atomic E-state index is -0.508. The highest BCUT2D eigenvalue weighted by Gasteiger charge is 2.29. The summed E-state index contributed by atoms with van der Waals surface area (Å²) in [6, 6.07) is 9.33. The normalized spacial score (nSPS) is 17.5. The zero-order valence-corrected chi connectivity index (χ0v) is 14.9. The van der Waals surface area contributed by atoms with Gasteiger partial charge < -0.3 is 14.4 Å². The van der Waals surface area contributed by atoms with E-state index in [4.69, 9.17) is 26.2 Å². The number of esters is 1. The number of rotatable bonds is 3. The number of ether oxygens (including phenoxy) is 2. The maximum Gasteiger partial charge on any atom is 0.304 e. The SMILES string of the molecule is CC(=O)OC1COCCN1c1nn(-c2ccc(Cl)cc2)c2cnccc12. The molecule has 0 aliphatic carbocycles. The summed E-state index contributed by atoms with van der Waals surface area (Å²) in [4.78, 5) is 17.6. The van der Waals surface area contributed by atoms with Crippen LogP contribution in [0.1, 0.15) is 6.92 Å². The van der Waals surface area contributed by atoms with Gasteiger partial charge in [0.2, 0.25) is 0 Å². The Kier molecular flexibility index (Phi) is 4.48. The molecule has 3 heterocycles. The Morgan fingerprint density at radius 2 is 2.12 bits per heavy atom. The summed E-state index contributed by atoms with van der Waals surface area (Å²) >= 11 is 6.00. The van der Waals surface area contributed by atoms with Gasteiger partial charge in [-0.2, -0.15) is 0 Å². The Balaban J connectivity index is 1.82. The van der Waals surface area contributed by atoms with Gasteiger partial charge in [-0.25, -0.2) is 4.68 Å². The fraction of sp³-hybridized carbons (Fsp3) is 0.278. The highest BCUT2D eigenvalue weighted by molar-refractivity contribution is 6.30. The number of benzene rings is 1. The Hall–Kier alpha value is -2.64. The lowest BCUT2D eigenvalue weighted by Gasteiger charge is -2.34. The minimum Gasteiger partial charge on any atom is -0.439 e. The summed E-state index contributed by atoms with van der Waals surface area (Å²) in [6.45, 7) is 2.81. The summed E-state index contributed by atoms with van der Waals surface area (Å²) in [5.41, 5.74) is 1.73. The number of fused-ring (bicyclic) bond motifs is 1. The Morgan fingerprint density at radius 1 is 1.31 bits per heavy atom. The van der Waals surface area contributed by atoms with Crippen LogP contribution in [-0.2, 0) is 14.3 Å². The number of morpholine rings is 1. The van der Waals surface area contributed by atoms with Crippen molar-refractivity contribution in [1.29, 1.82) is 0 Å². The molecular weight excluding hydrogens is 356 g/mol. The van der Waals surface area contributed by atoms with E-state index in [0.29, 0.717) is 24.8 Å². The number of carbonyl (C=O) groups is 1. The molecule has 4 rings (SSSR count). The van der Waals surface area contributed by atoms with E-state index in [-0.39, 0.29) is 5.97 Å². The standard InChI is InChI=1S/C18H17ClN4O3/c1-12(24)26-17-11-25-9-8-22(17)18-15-6-7-20-10-16(15)23(21-18)14-4-2-13(19)3-5-14/h2-7,10,17H,8-9,11H2,1H3. The number of pyridine rings is 1. The second-order valence-corrected chi connectivity index (χ2v) is 6.37. The van der Waals surface area contributed by atoms with Crippen LogP contribution in [0.5, 0.6) is 0 Å². The maximum absolute atomic E-state index is 11.5. The second kappa shape index (κ2) is 6.93. The first-order chi connectivity index (χ1) is 12.6. The number of anilines is 1. The van der Waals surface area contributed by atoms with Crippen molar-refractivity contribution in [2.24, 2.45) is 0 Å². The summed E-state index contributed by atoms with van der Waals surface area (Å²) in [5.74, 6) is 0.375. The molecule has 0 spiro atoms. The number of aromatic nitrogens is 3. The molecule has 2 aromatic heterocycles. The van der Waals surface area contributed by atoms with E-state index >= 15 is 0 Å². The van der Waals surface area contributed by atoms with Crippen LogP contribution >= 0.6 is 11.6 Å². The van der Waals surface area contributed by atoms with Gasteiger partial charge in [-0.1, -0.05) is 11.6 Å². The number of nitrogens with zero attached hydrogens (tertiary/aromatic N) is 4. The van der Waals surface area contributed by atoms with E-state index in [1.165, 1.54) is 6.92 Å². The second-order valence-electron chi connectivity index (χ2n) is 5.94. The third-order valence-corrected chi connectivity index (χ3v) is 4.45. The maximum atomic E-state index is 11.5. The van der Waals surface area contributed by atoms with Gasteiger partial charge in [0.25, 0.3) is 0 Å². The molecule has 0 saturated carbocycles. The average molecular weight is 373 g/mol. The third kappa shape index (κ3) is 3.11. The highest BCUT2D eigenvalue weighted by Crippen LogP contribution is 2.30. The molecule has 7 nitrogen and oxygen atoms in total. The van der Waals surface area contributed by atoms with Crippen LogP contribution in [0.2, 0.25) is 5.02 Å². The lowest BCUT2D eigenvalue weighted by molar-refractivity contribution is -0.151. The van der Waals surface area contributed by atoms with Crippen molar-refractivity contribution in [2.45, 2.75) is 13.2 Å². The molecule has 1 unspecified atom stereocenters. The van der Waals surface area contributed by atoms with Gasteiger partial charge in [-0.3, -0.25) is 9.78 Å². The van der Waals surface area contributed by atoms with Gasteiger partial charge >= 0.3 is 5.97 Å². The molecule has 1 aliphatic heterocycles. The average Bonchev–Trinajstić information content (AvgIpc) is 3.02. The minimum absolute atomic E-state index is 0.306. The summed E-state index contributed by atoms with van der Waals surface area (Å²) < 4.78 is 12.7. The first kappa shape index (κ1) is 16.8. The first-order valence-corrected chi connectivity index (χ1v) is 8.61. The highest BCUT2D eigenvalue weighted by atomic mass is 35.5. The molecule has 1 atom stereocenters. The molecule has 134 valence electrons. The summed E-state index contributed by atoms with van der Waals surface area (Å²) in [7, 11) is 0. The topological polar surface area (TPSA) is 69.5 Å². The lowest BCUT2D eigenvalue weighted by Crippen LogP contribution is -2.48.